The summed E-state index contributed by atoms with van der Waals surface area (Å²) in [5.74, 6) is 0. The van der Waals surface area contributed by atoms with Crippen LogP contribution in [0.4, 0.5) is 4.79 Å². The van der Waals surface area contributed by atoms with Crippen molar-refractivity contribution in [2.75, 3.05) is 0 Å². The second-order valence-corrected chi connectivity index (χ2v) is 7.57. The first-order valence-corrected chi connectivity index (χ1v) is 9.81. The van der Waals surface area contributed by atoms with Gasteiger partial charge in [0.15, 0.2) is 0 Å². The van der Waals surface area contributed by atoms with E-state index in [0.717, 1.165) is 28.6 Å². The third kappa shape index (κ3) is 4.03. The summed E-state index contributed by atoms with van der Waals surface area (Å²) in [6.45, 7) is 0. The van der Waals surface area contributed by atoms with E-state index in [-0.39, 0.29) is 18.1 Å². The number of carbonyl (C=O) groups is 1. The number of pyridine rings is 1. The van der Waals surface area contributed by atoms with Crippen LogP contribution in [0.1, 0.15) is 40.9 Å². The maximum absolute atomic E-state index is 12.8. The summed E-state index contributed by atoms with van der Waals surface area (Å²) in [4.78, 5) is 17.2. The molecule has 5 heteroatoms. The van der Waals surface area contributed by atoms with Gasteiger partial charge in [0.25, 0.3) is 0 Å². The van der Waals surface area contributed by atoms with E-state index in [2.05, 4.69) is 43.7 Å². The summed E-state index contributed by atoms with van der Waals surface area (Å²) >= 11 is 3.51. The van der Waals surface area contributed by atoms with E-state index in [4.69, 9.17) is 0 Å². The Kier molecular flexibility index (Phi) is 5.21. The van der Waals surface area contributed by atoms with Crippen molar-refractivity contribution in [3.8, 4) is 0 Å². The summed E-state index contributed by atoms with van der Waals surface area (Å²) in [5.41, 5.74) is 4.30. The van der Waals surface area contributed by atoms with Crippen LogP contribution < -0.4 is 10.6 Å². The van der Waals surface area contributed by atoms with Crippen molar-refractivity contribution in [1.29, 1.82) is 0 Å². The number of hydrogen-bond donors (Lipinski definition) is 2. The first-order valence-electron chi connectivity index (χ1n) is 9.02. The molecule has 0 saturated carbocycles. The molecule has 1 aromatic heterocycles. The number of hydrogen-bond acceptors (Lipinski definition) is 2. The number of aryl methyl sites for hydroxylation is 1. The molecule has 1 heterocycles. The third-order valence-corrected chi connectivity index (χ3v) is 5.37. The van der Waals surface area contributed by atoms with E-state index < -0.39 is 0 Å². The number of nitrogens with one attached hydrogen (secondary N) is 2. The van der Waals surface area contributed by atoms with E-state index in [1.165, 1.54) is 11.1 Å². The monoisotopic (exact) mass is 421 g/mol. The highest BCUT2D eigenvalue weighted by Crippen LogP contribution is 2.33. The molecule has 2 amide bonds. The van der Waals surface area contributed by atoms with Gasteiger partial charge in [0.2, 0.25) is 0 Å². The van der Waals surface area contributed by atoms with Gasteiger partial charge < -0.3 is 10.6 Å². The fourth-order valence-electron chi connectivity index (χ4n) is 3.59. The zero-order chi connectivity index (χ0) is 18.6. The summed E-state index contributed by atoms with van der Waals surface area (Å²) in [7, 11) is 0. The highest BCUT2D eigenvalue weighted by Gasteiger charge is 2.25. The summed E-state index contributed by atoms with van der Waals surface area (Å²) in [6, 6.07) is 21.4. The highest BCUT2D eigenvalue weighted by molar-refractivity contribution is 9.10. The Morgan fingerprint density at radius 1 is 1.07 bits per heavy atom. The zero-order valence-corrected chi connectivity index (χ0v) is 16.3. The predicted molar refractivity (Wildman–Crippen MR) is 109 cm³/mol. The smallest absolute Gasteiger partial charge is 0.316 e. The standard InChI is InChI=1S/C22H20BrN3O/c23-17-10-11-18-16(14-17)9-12-19(18)25-22(27)26-21(15-6-2-1-3-7-15)20-8-4-5-13-24-20/h1-8,10-11,13-14,19,21H,9,12H2,(H2,25,26,27). The Hall–Kier alpha value is -2.66. The van der Waals surface area contributed by atoms with Crippen LogP contribution in [0.5, 0.6) is 0 Å². The van der Waals surface area contributed by atoms with Crippen LogP contribution in [0, 0.1) is 0 Å². The van der Waals surface area contributed by atoms with Gasteiger partial charge in [-0.05, 0) is 53.8 Å². The molecule has 4 nitrogen and oxygen atoms in total. The lowest BCUT2D eigenvalue weighted by molar-refractivity contribution is 0.234. The number of rotatable bonds is 4. The lowest BCUT2D eigenvalue weighted by Gasteiger charge is -2.21. The number of halogens is 1. The minimum Gasteiger partial charge on any atom is -0.331 e. The van der Waals surface area contributed by atoms with Gasteiger partial charge in [-0.3, -0.25) is 4.98 Å². The molecule has 4 rings (SSSR count). The van der Waals surface area contributed by atoms with Gasteiger partial charge in [-0.2, -0.15) is 0 Å². The number of urea groups is 1. The molecule has 0 aliphatic heterocycles. The fraction of sp³-hybridized carbons (Fsp3) is 0.182. The average molecular weight is 422 g/mol. The van der Waals surface area contributed by atoms with Crippen molar-refractivity contribution >= 4 is 22.0 Å². The molecule has 27 heavy (non-hydrogen) atoms. The Balaban J connectivity index is 1.52. The minimum absolute atomic E-state index is 0.0354. The van der Waals surface area contributed by atoms with E-state index in [0.29, 0.717) is 0 Å². The molecule has 0 saturated heterocycles. The largest absolute Gasteiger partial charge is 0.331 e. The molecule has 2 unspecified atom stereocenters. The van der Waals surface area contributed by atoms with Gasteiger partial charge >= 0.3 is 6.03 Å². The minimum atomic E-state index is -0.293. The number of carbonyl (C=O) groups excluding carboxylic acids is 1. The normalized spacial score (nSPS) is 16.4. The molecule has 2 atom stereocenters. The molecule has 1 aliphatic carbocycles. The van der Waals surface area contributed by atoms with E-state index in [9.17, 15) is 4.79 Å². The van der Waals surface area contributed by atoms with Gasteiger partial charge in [-0.25, -0.2) is 4.79 Å². The van der Waals surface area contributed by atoms with E-state index in [1.807, 2.05) is 54.6 Å². The number of benzene rings is 2. The van der Waals surface area contributed by atoms with Gasteiger partial charge in [-0.1, -0.05) is 58.4 Å². The van der Waals surface area contributed by atoms with Gasteiger partial charge in [-0.15, -0.1) is 0 Å². The Bertz CT molecular complexity index is 891. The van der Waals surface area contributed by atoms with Crippen molar-refractivity contribution in [2.24, 2.45) is 0 Å². The predicted octanol–water partition coefficient (Wildman–Crippen LogP) is 4.92. The van der Waals surface area contributed by atoms with Crippen LogP contribution in [-0.2, 0) is 6.42 Å². The summed E-state index contributed by atoms with van der Waals surface area (Å²) < 4.78 is 1.07. The van der Waals surface area contributed by atoms with Crippen LogP contribution in [0.15, 0.2) is 77.4 Å². The average Bonchev–Trinajstić information content (AvgIpc) is 3.09. The summed E-state index contributed by atoms with van der Waals surface area (Å²) in [5, 5.41) is 6.23. The van der Waals surface area contributed by atoms with Crippen molar-refractivity contribution in [1.82, 2.24) is 15.6 Å². The first kappa shape index (κ1) is 17.7. The molecule has 0 bridgehead atoms. The van der Waals surface area contributed by atoms with E-state index >= 15 is 0 Å². The molecule has 136 valence electrons. The van der Waals surface area contributed by atoms with Crippen LogP contribution in [0.2, 0.25) is 0 Å². The molecule has 3 aromatic rings. The van der Waals surface area contributed by atoms with Crippen molar-refractivity contribution in [3.63, 3.8) is 0 Å². The molecular weight excluding hydrogens is 402 g/mol. The summed E-state index contributed by atoms with van der Waals surface area (Å²) in [6.07, 6.45) is 3.64. The molecule has 2 N–H and O–H groups in total. The van der Waals surface area contributed by atoms with Gasteiger partial charge in [0.05, 0.1) is 17.8 Å². The van der Waals surface area contributed by atoms with Crippen LogP contribution in [0.25, 0.3) is 0 Å². The molecule has 0 radical (unpaired) electrons. The molecule has 1 aliphatic rings. The zero-order valence-electron chi connectivity index (χ0n) is 14.7. The number of aromatic nitrogens is 1. The molecular formula is C22H20BrN3O. The SMILES string of the molecule is O=C(NC1CCc2cc(Br)ccc21)NC(c1ccccc1)c1ccccn1. The van der Waals surface area contributed by atoms with E-state index in [1.54, 1.807) is 6.20 Å². The maximum Gasteiger partial charge on any atom is 0.316 e. The lowest BCUT2D eigenvalue weighted by atomic mass is 10.0. The Morgan fingerprint density at radius 3 is 2.67 bits per heavy atom. The number of fused-ring (bicyclic) bond motifs is 1. The second kappa shape index (κ2) is 7.92. The number of amides is 2. The Labute approximate surface area is 167 Å². The van der Waals surface area contributed by atoms with Gasteiger partial charge in [0.1, 0.15) is 0 Å². The number of nitrogens with zero attached hydrogens (tertiary/aromatic N) is 1. The lowest BCUT2D eigenvalue weighted by Crippen LogP contribution is -2.40. The quantitative estimate of drug-likeness (QED) is 0.627. The van der Waals surface area contributed by atoms with Crippen LogP contribution >= 0.6 is 15.9 Å². The van der Waals surface area contributed by atoms with Crippen molar-refractivity contribution in [3.05, 3.63) is 99.8 Å². The van der Waals surface area contributed by atoms with Gasteiger partial charge in [0, 0.05) is 10.7 Å². The van der Waals surface area contributed by atoms with Crippen LogP contribution in [-0.4, -0.2) is 11.0 Å². The third-order valence-electron chi connectivity index (χ3n) is 4.88. The maximum atomic E-state index is 12.8. The van der Waals surface area contributed by atoms with Crippen molar-refractivity contribution in [2.45, 2.75) is 24.9 Å². The molecule has 0 spiro atoms. The molecule has 2 aromatic carbocycles. The van der Waals surface area contributed by atoms with Crippen molar-refractivity contribution < 1.29 is 4.79 Å². The first-order chi connectivity index (χ1) is 13.2. The topological polar surface area (TPSA) is 54.0 Å². The van der Waals surface area contributed by atoms with Crippen LogP contribution in [0.3, 0.4) is 0 Å². The Morgan fingerprint density at radius 2 is 1.89 bits per heavy atom. The second-order valence-electron chi connectivity index (χ2n) is 6.65. The molecule has 0 fully saturated rings. The fourth-order valence-corrected chi connectivity index (χ4v) is 4.00. The highest BCUT2D eigenvalue weighted by atomic mass is 79.9.